The van der Waals surface area contributed by atoms with Crippen LogP contribution in [0.25, 0.3) is 0 Å². The fourth-order valence-electron chi connectivity index (χ4n) is 1.42. The van der Waals surface area contributed by atoms with Crippen LogP contribution in [0.3, 0.4) is 0 Å². The van der Waals surface area contributed by atoms with Gasteiger partial charge in [-0.25, -0.2) is 5.43 Å². The first-order valence-corrected chi connectivity index (χ1v) is 6.67. The molecule has 3 nitrogen and oxygen atoms in total. The Hall–Kier alpha value is -1.65. The summed E-state index contributed by atoms with van der Waals surface area (Å²) in [5.41, 5.74) is 3.86. The van der Waals surface area contributed by atoms with Crippen LogP contribution in [0.2, 0.25) is 5.02 Å². The van der Waals surface area contributed by atoms with Crippen LogP contribution in [0, 0.1) is 0 Å². The molecule has 96 valence electrons. The fraction of sp³-hybridized carbons (Fsp3) is 0. The van der Waals surface area contributed by atoms with Crippen LogP contribution in [0.5, 0.6) is 0 Å². The predicted octanol–water partition coefficient (Wildman–Crippen LogP) is 3.87. The van der Waals surface area contributed by atoms with Crippen molar-refractivity contribution in [2.45, 2.75) is 0 Å². The third-order valence-electron chi connectivity index (χ3n) is 2.33. The Morgan fingerprint density at radius 3 is 2.63 bits per heavy atom. The number of carbonyl (C=O) groups is 1. The van der Waals surface area contributed by atoms with Crippen molar-refractivity contribution in [1.82, 2.24) is 5.43 Å². The minimum absolute atomic E-state index is 0.275. The predicted molar refractivity (Wildman–Crippen MR) is 80.7 cm³/mol. The molecule has 2 aromatic rings. The van der Waals surface area contributed by atoms with Gasteiger partial charge >= 0.3 is 0 Å². The number of halogens is 2. The van der Waals surface area contributed by atoms with Crippen LogP contribution in [-0.2, 0) is 0 Å². The summed E-state index contributed by atoms with van der Waals surface area (Å²) in [5, 5.41) is 4.49. The van der Waals surface area contributed by atoms with Gasteiger partial charge in [-0.1, -0.05) is 39.7 Å². The van der Waals surface area contributed by atoms with Gasteiger partial charge in [-0.15, -0.1) is 0 Å². The number of rotatable bonds is 3. The zero-order chi connectivity index (χ0) is 13.7. The van der Waals surface area contributed by atoms with E-state index in [-0.39, 0.29) is 5.91 Å². The smallest absolute Gasteiger partial charge is 0.267 e. The zero-order valence-corrected chi connectivity index (χ0v) is 12.1. The van der Waals surface area contributed by atoms with Crippen molar-refractivity contribution in [1.29, 1.82) is 0 Å². The average molecular weight is 338 g/mol. The van der Waals surface area contributed by atoms with Crippen LogP contribution in [0.15, 0.2) is 58.1 Å². The number of nitrogens with zero attached hydrogens (tertiary/aromatic N) is 1. The van der Waals surface area contributed by atoms with Gasteiger partial charge < -0.3 is 0 Å². The van der Waals surface area contributed by atoms with Gasteiger partial charge in [-0.05, 0) is 42.0 Å². The quantitative estimate of drug-likeness (QED) is 0.670. The first-order chi connectivity index (χ1) is 9.15. The highest BCUT2D eigenvalue weighted by atomic mass is 79.9. The van der Waals surface area contributed by atoms with E-state index in [1.165, 1.54) is 0 Å². The zero-order valence-electron chi connectivity index (χ0n) is 9.81. The van der Waals surface area contributed by atoms with Crippen molar-refractivity contribution in [3.8, 4) is 0 Å². The Balaban J connectivity index is 1.98. The largest absolute Gasteiger partial charge is 0.271 e. The van der Waals surface area contributed by atoms with Crippen molar-refractivity contribution in [2.75, 3.05) is 0 Å². The SMILES string of the molecule is O=C(N/N=C\c1cccc(Br)c1)c1ccc(Cl)cc1. The first-order valence-electron chi connectivity index (χ1n) is 5.50. The van der Waals surface area contributed by atoms with E-state index in [0.717, 1.165) is 10.0 Å². The molecular formula is C14H10BrClN2O. The van der Waals surface area contributed by atoms with E-state index < -0.39 is 0 Å². The number of hydrogen-bond donors (Lipinski definition) is 1. The second kappa shape index (κ2) is 6.50. The number of carbonyl (C=O) groups excluding carboxylic acids is 1. The minimum Gasteiger partial charge on any atom is -0.267 e. The summed E-state index contributed by atoms with van der Waals surface area (Å²) >= 11 is 9.11. The Kier molecular flexibility index (Phi) is 4.71. The maximum atomic E-state index is 11.7. The molecule has 2 aromatic carbocycles. The van der Waals surface area contributed by atoms with E-state index >= 15 is 0 Å². The molecule has 0 bridgehead atoms. The van der Waals surface area contributed by atoms with Gasteiger partial charge in [-0.2, -0.15) is 5.10 Å². The average Bonchev–Trinajstić information content (AvgIpc) is 2.39. The van der Waals surface area contributed by atoms with Crippen molar-refractivity contribution < 1.29 is 4.79 Å². The summed E-state index contributed by atoms with van der Waals surface area (Å²) < 4.78 is 0.959. The van der Waals surface area contributed by atoms with E-state index in [0.29, 0.717) is 10.6 Å². The fourth-order valence-corrected chi connectivity index (χ4v) is 1.96. The van der Waals surface area contributed by atoms with Crippen molar-refractivity contribution in [3.05, 3.63) is 69.2 Å². The van der Waals surface area contributed by atoms with Crippen LogP contribution >= 0.6 is 27.5 Å². The summed E-state index contributed by atoms with van der Waals surface area (Å²) in [6, 6.07) is 14.2. The van der Waals surface area contributed by atoms with Gasteiger partial charge in [0, 0.05) is 15.1 Å². The first kappa shape index (κ1) is 13.8. The molecule has 0 saturated heterocycles. The summed E-state index contributed by atoms with van der Waals surface area (Å²) in [7, 11) is 0. The van der Waals surface area contributed by atoms with E-state index in [1.54, 1.807) is 30.5 Å². The molecule has 5 heteroatoms. The monoisotopic (exact) mass is 336 g/mol. The number of benzene rings is 2. The molecule has 0 saturated carbocycles. The highest BCUT2D eigenvalue weighted by molar-refractivity contribution is 9.10. The number of nitrogens with one attached hydrogen (secondary N) is 1. The van der Waals surface area contributed by atoms with E-state index in [1.807, 2.05) is 24.3 Å². The summed E-state index contributed by atoms with van der Waals surface area (Å²) in [6.07, 6.45) is 1.58. The molecule has 0 heterocycles. The molecule has 0 atom stereocenters. The topological polar surface area (TPSA) is 41.5 Å². The van der Waals surface area contributed by atoms with Crippen molar-refractivity contribution >= 4 is 39.7 Å². The molecule has 0 unspecified atom stereocenters. The number of hydrazone groups is 1. The number of hydrogen-bond acceptors (Lipinski definition) is 2. The lowest BCUT2D eigenvalue weighted by molar-refractivity contribution is 0.0955. The molecule has 1 N–H and O–H groups in total. The van der Waals surface area contributed by atoms with Crippen LogP contribution in [0.4, 0.5) is 0 Å². The lowest BCUT2D eigenvalue weighted by atomic mass is 10.2. The Labute approximate surface area is 124 Å². The highest BCUT2D eigenvalue weighted by Crippen LogP contribution is 2.10. The van der Waals surface area contributed by atoms with Gasteiger partial charge in [0.2, 0.25) is 0 Å². The summed E-state index contributed by atoms with van der Waals surface area (Å²) in [5.74, 6) is -0.275. The van der Waals surface area contributed by atoms with Crippen molar-refractivity contribution in [2.24, 2.45) is 5.10 Å². The lowest BCUT2D eigenvalue weighted by Crippen LogP contribution is -2.17. The molecule has 0 aliphatic heterocycles. The second-order valence-electron chi connectivity index (χ2n) is 3.76. The van der Waals surface area contributed by atoms with Gasteiger partial charge in [0.25, 0.3) is 5.91 Å². The third-order valence-corrected chi connectivity index (χ3v) is 3.08. The normalized spacial score (nSPS) is 10.6. The van der Waals surface area contributed by atoms with E-state index in [9.17, 15) is 4.79 Å². The second-order valence-corrected chi connectivity index (χ2v) is 5.11. The molecule has 0 aromatic heterocycles. The maximum Gasteiger partial charge on any atom is 0.271 e. The molecular weight excluding hydrogens is 328 g/mol. The van der Waals surface area contributed by atoms with Gasteiger partial charge in [-0.3, -0.25) is 4.79 Å². The molecule has 19 heavy (non-hydrogen) atoms. The molecule has 0 spiro atoms. The number of amides is 1. The Morgan fingerprint density at radius 2 is 1.95 bits per heavy atom. The Bertz CT molecular complexity index is 611. The minimum atomic E-state index is -0.275. The van der Waals surface area contributed by atoms with Gasteiger partial charge in [0.15, 0.2) is 0 Å². The molecule has 1 amide bonds. The molecule has 2 rings (SSSR count). The summed E-state index contributed by atoms with van der Waals surface area (Å²) in [4.78, 5) is 11.7. The standard InChI is InChI=1S/C14H10BrClN2O/c15-12-3-1-2-10(8-12)9-17-18-14(19)11-4-6-13(16)7-5-11/h1-9H,(H,18,19)/b17-9-. The van der Waals surface area contributed by atoms with Crippen LogP contribution in [0.1, 0.15) is 15.9 Å². The third kappa shape index (κ3) is 4.19. The highest BCUT2D eigenvalue weighted by Gasteiger charge is 2.02. The Morgan fingerprint density at radius 1 is 1.21 bits per heavy atom. The molecule has 0 aliphatic carbocycles. The maximum absolute atomic E-state index is 11.7. The van der Waals surface area contributed by atoms with Gasteiger partial charge in [0.05, 0.1) is 6.21 Å². The molecule has 0 fully saturated rings. The molecule has 0 aliphatic rings. The lowest BCUT2D eigenvalue weighted by Gasteiger charge is -1.99. The van der Waals surface area contributed by atoms with E-state index in [4.69, 9.17) is 11.6 Å². The van der Waals surface area contributed by atoms with Gasteiger partial charge in [0.1, 0.15) is 0 Å². The van der Waals surface area contributed by atoms with Crippen LogP contribution < -0.4 is 5.43 Å². The summed E-state index contributed by atoms with van der Waals surface area (Å²) in [6.45, 7) is 0. The van der Waals surface area contributed by atoms with Crippen molar-refractivity contribution in [3.63, 3.8) is 0 Å². The van der Waals surface area contributed by atoms with E-state index in [2.05, 4.69) is 26.5 Å². The van der Waals surface area contributed by atoms with Crippen LogP contribution in [-0.4, -0.2) is 12.1 Å². The molecule has 0 radical (unpaired) electrons.